The summed E-state index contributed by atoms with van der Waals surface area (Å²) in [4.78, 5) is 8.44. The number of fused-ring (bicyclic) bond motifs is 1. The van der Waals surface area contributed by atoms with Crippen LogP contribution in [0.4, 0.5) is 5.82 Å². The fourth-order valence-corrected chi connectivity index (χ4v) is 1.29. The number of nitrogens with two attached hydrogens (primary N) is 1. The molecule has 0 fully saturated rings. The molecule has 1 heterocycles. The van der Waals surface area contributed by atoms with E-state index in [0.717, 1.165) is 11.0 Å². The molecular formula is C12H11N3O. The van der Waals surface area contributed by atoms with Crippen molar-refractivity contribution < 1.29 is 4.74 Å². The van der Waals surface area contributed by atoms with Gasteiger partial charge in [0.15, 0.2) is 11.9 Å². The van der Waals surface area contributed by atoms with Crippen LogP contribution in [0, 0.1) is 12.3 Å². The Hall–Kier alpha value is -2.28. The quantitative estimate of drug-likeness (QED) is 0.770. The van der Waals surface area contributed by atoms with Crippen molar-refractivity contribution in [3.63, 3.8) is 0 Å². The molecule has 16 heavy (non-hydrogen) atoms. The molecule has 0 aliphatic heterocycles. The molecule has 0 spiro atoms. The predicted molar refractivity (Wildman–Crippen MR) is 62.9 cm³/mol. The minimum Gasteiger partial charge on any atom is -0.459 e. The van der Waals surface area contributed by atoms with Crippen molar-refractivity contribution >= 4 is 16.9 Å². The smallest absolute Gasteiger partial charge is 0.259 e. The highest BCUT2D eigenvalue weighted by Gasteiger charge is 2.08. The Kier molecular flexibility index (Phi) is 2.61. The topological polar surface area (TPSA) is 61.0 Å². The van der Waals surface area contributed by atoms with Gasteiger partial charge in [0, 0.05) is 0 Å². The van der Waals surface area contributed by atoms with Gasteiger partial charge in [-0.05, 0) is 19.1 Å². The van der Waals surface area contributed by atoms with Crippen molar-refractivity contribution in [2.75, 3.05) is 5.73 Å². The second kappa shape index (κ2) is 4.07. The lowest BCUT2D eigenvalue weighted by Crippen LogP contribution is -2.11. The maximum Gasteiger partial charge on any atom is 0.259 e. The molecule has 1 aromatic heterocycles. The largest absolute Gasteiger partial charge is 0.459 e. The number of rotatable bonds is 2. The first kappa shape index (κ1) is 10.2. The van der Waals surface area contributed by atoms with Gasteiger partial charge in [0.1, 0.15) is 0 Å². The summed E-state index contributed by atoms with van der Waals surface area (Å²) in [5.74, 6) is 2.98. The van der Waals surface area contributed by atoms with E-state index in [-0.39, 0.29) is 17.8 Å². The summed E-state index contributed by atoms with van der Waals surface area (Å²) in [6.45, 7) is 1.75. The molecule has 0 radical (unpaired) electrons. The van der Waals surface area contributed by atoms with E-state index in [9.17, 15) is 0 Å². The highest BCUT2D eigenvalue weighted by molar-refractivity contribution is 5.76. The molecule has 2 rings (SSSR count). The summed E-state index contributed by atoms with van der Waals surface area (Å²) in [6.07, 6.45) is 4.84. The molecular weight excluding hydrogens is 202 g/mol. The molecule has 1 unspecified atom stereocenters. The molecule has 80 valence electrons. The fraction of sp³-hybridized carbons (Fsp3) is 0.167. The number of benzene rings is 1. The lowest BCUT2D eigenvalue weighted by molar-refractivity contribution is 0.270. The minimum absolute atomic E-state index is 0.251. The molecule has 0 aliphatic carbocycles. The number of anilines is 1. The normalized spacial score (nSPS) is 12.0. The Balaban J connectivity index is 2.47. The Morgan fingerprint density at radius 2 is 1.94 bits per heavy atom. The van der Waals surface area contributed by atoms with Gasteiger partial charge in [-0.25, -0.2) is 9.97 Å². The average molecular weight is 213 g/mol. The van der Waals surface area contributed by atoms with Crippen LogP contribution in [0.2, 0.25) is 0 Å². The van der Waals surface area contributed by atoms with Crippen molar-refractivity contribution in [2.45, 2.75) is 13.0 Å². The van der Waals surface area contributed by atoms with Gasteiger partial charge in [-0.2, -0.15) is 0 Å². The van der Waals surface area contributed by atoms with E-state index in [2.05, 4.69) is 15.9 Å². The summed E-state index contributed by atoms with van der Waals surface area (Å²) in [6, 6.07) is 7.44. The predicted octanol–water partition coefficient (Wildman–Crippen LogP) is 1.61. The van der Waals surface area contributed by atoms with Gasteiger partial charge in [0.05, 0.1) is 11.0 Å². The van der Waals surface area contributed by atoms with E-state index in [0.29, 0.717) is 0 Å². The van der Waals surface area contributed by atoms with Gasteiger partial charge >= 0.3 is 0 Å². The second-order valence-corrected chi connectivity index (χ2v) is 3.33. The molecule has 0 saturated carbocycles. The molecule has 0 amide bonds. The summed E-state index contributed by atoms with van der Waals surface area (Å²) in [5.41, 5.74) is 7.19. The van der Waals surface area contributed by atoms with Gasteiger partial charge in [0.2, 0.25) is 0 Å². The average Bonchev–Trinajstić information content (AvgIpc) is 2.30. The molecule has 4 heteroatoms. The maximum absolute atomic E-state index is 5.72. The molecule has 2 N–H and O–H groups in total. The first-order valence-corrected chi connectivity index (χ1v) is 4.85. The van der Waals surface area contributed by atoms with Crippen LogP contribution in [-0.4, -0.2) is 16.1 Å². The first-order chi connectivity index (χ1) is 7.70. The number of aromatic nitrogens is 2. The molecule has 1 atom stereocenters. The highest BCUT2D eigenvalue weighted by atomic mass is 16.5. The van der Waals surface area contributed by atoms with Crippen LogP contribution >= 0.6 is 0 Å². The highest BCUT2D eigenvalue weighted by Crippen LogP contribution is 2.21. The van der Waals surface area contributed by atoms with E-state index in [1.54, 1.807) is 6.92 Å². The number of para-hydroxylation sites is 2. The summed E-state index contributed by atoms with van der Waals surface area (Å²) < 4.78 is 5.37. The number of terminal acetylenes is 1. The Morgan fingerprint density at radius 1 is 1.31 bits per heavy atom. The fourth-order valence-electron chi connectivity index (χ4n) is 1.29. The van der Waals surface area contributed by atoms with Crippen molar-refractivity contribution in [1.82, 2.24) is 9.97 Å². The van der Waals surface area contributed by atoms with Crippen LogP contribution in [0.1, 0.15) is 6.92 Å². The van der Waals surface area contributed by atoms with Crippen LogP contribution in [0.5, 0.6) is 5.88 Å². The zero-order valence-corrected chi connectivity index (χ0v) is 8.84. The Morgan fingerprint density at radius 3 is 2.56 bits per heavy atom. The van der Waals surface area contributed by atoms with Crippen molar-refractivity contribution in [1.29, 1.82) is 0 Å². The van der Waals surface area contributed by atoms with E-state index in [4.69, 9.17) is 16.9 Å². The van der Waals surface area contributed by atoms with E-state index < -0.39 is 0 Å². The lowest BCUT2D eigenvalue weighted by atomic mass is 10.3. The number of nitrogen functional groups attached to an aromatic ring is 1. The summed E-state index contributed by atoms with van der Waals surface area (Å²) in [7, 11) is 0. The monoisotopic (exact) mass is 213 g/mol. The van der Waals surface area contributed by atoms with Gasteiger partial charge < -0.3 is 10.5 Å². The molecule has 0 aliphatic rings. The van der Waals surface area contributed by atoms with Gasteiger partial charge in [-0.3, -0.25) is 0 Å². The van der Waals surface area contributed by atoms with Gasteiger partial charge in [-0.1, -0.05) is 18.1 Å². The minimum atomic E-state index is -0.377. The Bertz CT molecular complexity index is 560. The lowest BCUT2D eigenvalue weighted by Gasteiger charge is -2.10. The Labute approximate surface area is 93.5 Å². The van der Waals surface area contributed by atoms with Crippen LogP contribution in [0.25, 0.3) is 11.0 Å². The van der Waals surface area contributed by atoms with E-state index in [1.165, 1.54) is 0 Å². The van der Waals surface area contributed by atoms with Gasteiger partial charge in [0.25, 0.3) is 5.88 Å². The third-order valence-corrected chi connectivity index (χ3v) is 2.09. The zero-order valence-electron chi connectivity index (χ0n) is 8.84. The van der Waals surface area contributed by atoms with E-state index >= 15 is 0 Å². The van der Waals surface area contributed by atoms with Crippen molar-refractivity contribution in [2.24, 2.45) is 0 Å². The molecule has 2 aromatic rings. The number of hydrogen-bond acceptors (Lipinski definition) is 4. The standard InChI is InChI=1S/C12H11N3O/c1-3-8(2)16-12-11(13)14-9-6-4-5-7-10(9)15-12/h1,4-8H,2H3,(H2,13,14). The SMILES string of the molecule is C#CC(C)Oc1nc2ccccc2nc1N. The summed E-state index contributed by atoms with van der Waals surface area (Å²) in [5, 5.41) is 0. The molecule has 0 saturated heterocycles. The number of ether oxygens (including phenoxy) is 1. The molecule has 4 nitrogen and oxygen atoms in total. The van der Waals surface area contributed by atoms with Crippen LogP contribution in [0.3, 0.4) is 0 Å². The second-order valence-electron chi connectivity index (χ2n) is 3.33. The number of hydrogen-bond donors (Lipinski definition) is 1. The number of nitrogens with zero attached hydrogens (tertiary/aromatic N) is 2. The van der Waals surface area contributed by atoms with Crippen molar-refractivity contribution in [3.8, 4) is 18.2 Å². The third kappa shape index (κ3) is 1.89. The third-order valence-electron chi connectivity index (χ3n) is 2.09. The van der Waals surface area contributed by atoms with Crippen LogP contribution in [0.15, 0.2) is 24.3 Å². The van der Waals surface area contributed by atoms with Crippen LogP contribution < -0.4 is 10.5 Å². The summed E-state index contributed by atoms with van der Waals surface area (Å²) >= 11 is 0. The van der Waals surface area contributed by atoms with Crippen molar-refractivity contribution in [3.05, 3.63) is 24.3 Å². The van der Waals surface area contributed by atoms with Gasteiger partial charge in [-0.15, -0.1) is 6.42 Å². The molecule has 0 bridgehead atoms. The van der Waals surface area contributed by atoms with Crippen LogP contribution in [-0.2, 0) is 0 Å². The first-order valence-electron chi connectivity index (χ1n) is 4.85. The molecule has 1 aromatic carbocycles. The zero-order chi connectivity index (χ0) is 11.5. The maximum atomic E-state index is 5.72. The van der Waals surface area contributed by atoms with E-state index in [1.807, 2.05) is 24.3 Å².